The Labute approximate surface area is 152 Å². The molecule has 2 rings (SSSR count). The average molecular weight is 369 g/mol. The highest BCUT2D eigenvalue weighted by atomic mass is 32.1. The number of carbonyl (C=O) groups excluding carboxylic acids is 1. The van der Waals surface area contributed by atoms with Gasteiger partial charge in [-0.25, -0.2) is 4.98 Å². The zero-order valence-electron chi connectivity index (χ0n) is 15.1. The molecule has 1 aliphatic rings. The highest BCUT2D eigenvalue weighted by Gasteiger charge is 2.22. The number of aliphatic imine (C=N–C) groups is 1. The molecule has 1 saturated heterocycles. The van der Waals surface area contributed by atoms with Crippen LogP contribution in [0.15, 0.2) is 4.99 Å². The summed E-state index contributed by atoms with van der Waals surface area (Å²) in [6.07, 6.45) is 0.861. The van der Waals surface area contributed by atoms with Gasteiger partial charge in [0.1, 0.15) is 5.82 Å². The quantitative estimate of drug-likeness (QED) is 0.382. The van der Waals surface area contributed by atoms with Crippen LogP contribution in [0.5, 0.6) is 0 Å². The summed E-state index contributed by atoms with van der Waals surface area (Å²) >= 11 is 1.46. The Morgan fingerprint density at radius 3 is 2.68 bits per heavy atom. The van der Waals surface area contributed by atoms with Crippen LogP contribution in [0.3, 0.4) is 0 Å². The lowest BCUT2D eigenvalue weighted by atomic mass is 10.3. The van der Waals surface area contributed by atoms with E-state index in [1.807, 2.05) is 0 Å². The molecule has 0 aromatic carbocycles. The lowest BCUT2D eigenvalue weighted by molar-refractivity contribution is -0.120. The van der Waals surface area contributed by atoms with Crippen LogP contribution in [0.4, 0.5) is 5.13 Å². The minimum absolute atomic E-state index is 0.0715. The first-order chi connectivity index (χ1) is 12.2. The molecule has 140 valence electrons. The first-order valence-corrected chi connectivity index (χ1v) is 9.24. The third-order valence-electron chi connectivity index (χ3n) is 3.87. The Morgan fingerprint density at radius 2 is 2.08 bits per heavy atom. The Kier molecular flexibility index (Phi) is 7.86. The number of nitrogens with zero attached hydrogens (tertiary/aromatic N) is 5. The maximum Gasteiger partial charge on any atom is 0.239 e. The van der Waals surface area contributed by atoms with E-state index in [2.05, 4.69) is 41.7 Å². The van der Waals surface area contributed by atoms with Crippen molar-refractivity contribution in [1.29, 1.82) is 0 Å². The number of anilines is 1. The van der Waals surface area contributed by atoms with Crippen LogP contribution >= 0.6 is 11.5 Å². The predicted molar refractivity (Wildman–Crippen MR) is 99.3 cm³/mol. The fourth-order valence-corrected chi connectivity index (χ4v) is 3.27. The maximum atomic E-state index is 11.8. The van der Waals surface area contributed by atoms with Crippen molar-refractivity contribution in [3.63, 3.8) is 0 Å². The van der Waals surface area contributed by atoms with Crippen molar-refractivity contribution in [2.24, 2.45) is 4.99 Å². The monoisotopic (exact) mass is 369 g/mol. The number of aryl methyl sites for hydroxylation is 1. The molecule has 0 aliphatic carbocycles. The van der Waals surface area contributed by atoms with Gasteiger partial charge in [0.15, 0.2) is 5.96 Å². The fourth-order valence-electron chi connectivity index (χ4n) is 2.47. The van der Waals surface area contributed by atoms with Crippen LogP contribution in [-0.4, -0.2) is 86.2 Å². The standard InChI is InChI=1S/C15H27N7O2S/c1-4-12-19-15(25-20-12)22-8-6-21(7-9-22)14(16-2)18-11-13(23)17-5-10-24-3/h4-11H2,1-3H3,(H,16,18)(H,17,23). The van der Waals surface area contributed by atoms with E-state index in [9.17, 15) is 4.79 Å². The van der Waals surface area contributed by atoms with Crippen LogP contribution in [0.2, 0.25) is 0 Å². The van der Waals surface area contributed by atoms with Gasteiger partial charge < -0.3 is 25.2 Å². The molecular weight excluding hydrogens is 342 g/mol. The zero-order chi connectivity index (χ0) is 18.1. The first-order valence-electron chi connectivity index (χ1n) is 8.46. The summed E-state index contributed by atoms with van der Waals surface area (Å²) in [5, 5.41) is 6.88. The van der Waals surface area contributed by atoms with Gasteiger partial charge in [0, 0.05) is 64.8 Å². The lowest BCUT2D eigenvalue weighted by Gasteiger charge is -2.36. The zero-order valence-corrected chi connectivity index (χ0v) is 15.9. The summed E-state index contributed by atoms with van der Waals surface area (Å²) in [6.45, 7) is 6.65. The van der Waals surface area contributed by atoms with E-state index in [4.69, 9.17) is 4.74 Å². The van der Waals surface area contributed by atoms with Gasteiger partial charge in [-0.15, -0.1) is 0 Å². The minimum atomic E-state index is -0.0715. The number of aromatic nitrogens is 2. The molecule has 1 amide bonds. The van der Waals surface area contributed by atoms with E-state index in [1.165, 1.54) is 11.5 Å². The third-order valence-corrected chi connectivity index (χ3v) is 4.69. The molecular formula is C15H27N7O2S. The number of nitrogens with one attached hydrogen (secondary N) is 2. The molecule has 0 atom stereocenters. The van der Waals surface area contributed by atoms with E-state index in [-0.39, 0.29) is 12.5 Å². The molecule has 2 N–H and O–H groups in total. The summed E-state index contributed by atoms with van der Waals surface area (Å²) in [5.74, 6) is 1.57. The molecule has 0 radical (unpaired) electrons. The van der Waals surface area contributed by atoms with Crippen LogP contribution in [0.1, 0.15) is 12.7 Å². The second kappa shape index (κ2) is 10.1. The average Bonchev–Trinajstić information content (AvgIpc) is 3.12. The predicted octanol–water partition coefficient (Wildman–Crippen LogP) is -0.439. The van der Waals surface area contributed by atoms with E-state index in [0.29, 0.717) is 13.2 Å². The summed E-state index contributed by atoms with van der Waals surface area (Å²) in [5.41, 5.74) is 0. The highest BCUT2D eigenvalue weighted by Crippen LogP contribution is 2.19. The van der Waals surface area contributed by atoms with Crippen molar-refractivity contribution >= 4 is 28.5 Å². The van der Waals surface area contributed by atoms with Gasteiger partial charge in [-0.05, 0) is 0 Å². The molecule has 2 heterocycles. The number of guanidine groups is 1. The summed E-state index contributed by atoms with van der Waals surface area (Å²) in [4.78, 5) is 25.0. The maximum absolute atomic E-state index is 11.8. The molecule has 1 aromatic heterocycles. The number of ether oxygens (including phenoxy) is 1. The first kappa shape index (κ1) is 19.4. The van der Waals surface area contributed by atoms with E-state index >= 15 is 0 Å². The number of methoxy groups -OCH3 is 1. The topological polar surface area (TPSA) is 95.0 Å². The number of hydrogen-bond donors (Lipinski definition) is 2. The lowest BCUT2D eigenvalue weighted by Crippen LogP contribution is -2.53. The number of hydrogen-bond acceptors (Lipinski definition) is 7. The summed E-state index contributed by atoms with van der Waals surface area (Å²) in [6, 6.07) is 0. The smallest absolute Gasteiger partial charge is 0.239 e. The van der Waals surface area contributed by atoms with Gasteiger partial charge in [0.2, 0.25) is 11.0 Å². The van der Waals surface area contributed by atoms with Crippen LogP contribution in [-0.2, 0) is 16.0 Å². The van der Waals surface area contributed by atoms with Crippen LogP contribution in [0, 0.1) is 0 Å². The van der Waals surface area contributed by atoms with Gasteiger partial charge in [-0.2, -0.15) is 4.37 Å². The normalized spacial score (nSPS) is 15.4. The van der Waals surface area contributed by atoms with E-state index < -0.39 is 0 Å². The number of amides is 1. The molecule has 0 unspecified atom stereocenters. The fraction of sp³-hybridized carbons (Fsp3) is 0.733. The molecule has 0 saturated carbocycles. The third kappa shape index (κ3) is 5.82. The van der Waals surface area contributed by atoms with Gasteiger partial charge >= 0.3 is 0 Å². The number of rotatable bonds is 7. The van der Waals surface area contributed by atoms with Crippen molar-refractivity contribution < 1.29 is 9.53 Å². The molecule has 10 heteroatoms. The van der Waals surface area contributed by atoms with Crippen molar-refractivity contribution in [1.82, 2.24) is 24.9 Å². The van der Waals surface area contributed by atoms with Gasteiger partial charge in [0.25, 0.3) is 0 Å². The van der Waals surface area contributed by atoms with E-state index in [1.54, 1.807) is 14.2 Å². The minimum Gasteiger partial charge on any atom is -0.383 e. The van der Waals surface area contributed by atoms with Crippen LogP contribution in [0.25, 0.3) is 0 Å². The molecule has 1 fully saturated rings. The van der Waals surface area contributed by atoms with Gasteiger partial charge in [0.05, 0.1) is 13.2 Å². The Hall–Kier alpha value is -1.94. The largest absolute Gasteiger partial charge is 0.383 e. The second-order valence-corrected chi connectivity index (χ2v) is 6.29. The molecule has 0 bridgehead atoms. The van der Waals surface area contributed by atoms with Crippen molar-refractivity contribution in [3.8, 4) is 0 Å². The summed E-state index contributed by atoms with van der Waals surface area (Å²) < 4.78 is 9.25. The number of piperazine rings is 1. The van der Waals surface area contributed by atoms with Crippen LogP contribution < -0.4 is 15.5 Å². The molecule has 9 nitrogen and oxygen atoms in total. The molecule has 25 heavy (non-hydrogen) atoms. The molecule has 1 aromatic rings. The van der Waals surface area contributed by atoms with E-state index in [0.717, 1.165) is 49.5 Å². The van der Waals surface area contributed by atoms with Crippen molar-refractivity contribution in [2.45, 2.75) is 13.3 Å². The van der Waals surface area contributed by atoms with Crippen molar-refractivity contribution in [3.05, 3.63) is 5.82 Å². The summed E-state index contributed by atoms with van der Waals surface area (Å²) in [7, 11) is 3.34. The van der Waals surface area contributed by atoms with Gasteiger partial charge in [-0.3, -0.25) is 9.79 Å². The highest BCUT2D eigenvalue weighted by molar-refractivity contribution is 7.09. The molecule has 1 aliphatic heterocycles. The second-order valence-electron chi connectivity index (χ2n) is 5.56. The Balaban J connectivity index is 1.76. The SMILES string of the molecule is CCc1nsc(N2CCN(C(=NC)NCC(=O)NCCOC)CC2)n1. The molecule has 0 spiro atoms. The number of carbonyl (C=O) groups is 1. The Bertz CT molecular complexity index is 570. The Morgan fingerprint density at radius 1 is 1.32 bits per heavy atom. The van der Waals surface area contributed by atoms with Gasteiger partial charge in [-0.1, -0.05) is 6.92 Å². The van der Waals surface area contributed by atoms with Crippen molar-refractivity contribution in [2.75, 3.05) is 64.9 Å².